The van der Waals surface area contributed by atoms with Crippen molar-refractivity contribution in [3.8, 4) is 0 Å². The van der Waals surface area contributed by atoms with E-state index < -0.39 is 17.7 Å². The number of halogens is 2. The summed E-state index contributed by atoms with van der Waals surface area (Å²) in [5.74, 6) is -2.27. The number of carbonyl (C=O) groups is 2. The Balaban J connectivity index is 2.14. The highest BCUT2D eigenvalue weighted by atomic mass is 35.5. The van der Waals surface area contributed by atoms with Crippen molar-refractivity contribution in [3.63, 3.8) is 0 Å². The fourth-order valence-electron chi connectivity index (χ4n) is 1.51. The number of carbonyl (C=O) groups excluding carboxylic acids is 1. The van der Waals surface area contributed by atoms with E-state index in [1.165, 1.54) is 41.7 Å². The largest absolute Gasteiger partial charge is 0.478 e. The van der Waals surface area contributed by atoms with E-state index in [1.54, 1.807) is 5.38 Å². The normalized spacial score (nSPS) is 10.8. The molecule has 0 bridgehead atoms. The number of hydrogen-bond donors (Lipinski definition) is 2. The zero-order valence-electron chi connectivity index (χ0n) is 10.5. The van der Waals surface area contributed by atoms with E-state index in [2.05, 4.69) is 5.32 Å². The van der Waals surface area contributed by atoms with E-state index >= 15 is 0 Å². The van der Waals surface area contributed by atoms with Crippen molar-refractivity contribution < 1.29 is 19.1 Å². The van der Waals surface area contributed by atoms with E-state index in [-0.39, 0.29) is 10.7 Å². The summed E-state index contributed by atoms with van der Waals surface area (Å²) in [6.07, 6.45) is 2.36. The minimum atomic E-state index is -1.07. The third kappa shape index (κ3) is 3.90. The van der Waals surface area contributed by atoms with Crippen LogP contribution < -0.4 is 5.32 Å². The van der Waals surface area contributed by atoms with Gasteiger partial charge in [0, 0.05) is 16.3 Å². The summed E-state index contributed by atoms with van der Waals surface area (Å²) in [5, 5.41) is 12.4. The lowest BCUT2D eigenvalue weighted by atomic mass is 10.2. The molecule has 0 spiro atoms. The summed E-state index contributed by atoms with van der Waals surface area (Å²) < 4.78 is 13.7. The van der Waals surface area contributed by atoms with E-state index in [0.29, 0.717) is 10.4 Å². The van der Waals surface area contributed by atoms with Gasteiger partial charge < -0.3 is 10.4 Å². The quantitative estimate of drug-likeness (QED) is 0.838. The lowest BCUT2D eigenvalue weighted by Crippen LogP contribution is -2.12. The molecule has 2 N–H and O–H groups in total. The lowest BCUT2D eigenvalue weighted by molar-refractivity contribution is -0.131. The maximum absolute atomic E-state index is 13.7. The van der Waals surface area contributed by atoms with Gasteiger partial charge in [0.05, 0.1) is 16.3 Å². The molecule has 0 aliphatic heterocycles. The van der Waals surface area contributed by atoms with Gasteiger partial charge in [0.15, 0.2) is 5.82 Å². The van der Waals surface area contributed by atoms with Crippen molar-refractivity contribution in [2.24, 2.45) is 0 Å². The Morgan fingerprint density at radius 1 is 1.38 bits per heavy atom. The molecule has 0 aliphatic rings. The molecular weight excluding hydrogens is 317 g/mol. The van der Waals surface area contributed by atoms with Crippen LogP contribution in [0, 0.1) is 5.82 Å². The van der Waals surface area contributed by atoms with Gasteiger partial charge in [0.2, 0.25) is 0 Å². The molecule has 0 unspecified atom stereocenters. The molecule has 0 fully saturated rings. The SMILES string of the molecule is O=C(O)C=Cc1cc(C(=O)Nc2cccc(Cl)c2F)cs1. The van der Waals surface area contributed by atoms with Crippen molar-refractivity contribution in [2.45, 2.75) is 0 Å². The van der Waals surface area contributed by atoms with Crippen LogP contribution in [0.15, 0.2) is 35.7 Å². The number of nitrogens with one attached hydrogen (secondary N) is 1. The molecule has 1 aromatic heterocycles. The van der Waals surface area contributed by atoms with Crippen molar-refractivity contribution >= 4 is 46.6 Å². The van der Waals surface area contributed by atoms with Gasteiger partial charge >= 0.3 is 5.97 Å². The average molecular weight is 326 g/mol. The molecule has 21 heavy (non-hydrogen) atoms. The fourth-order valence-corrected chi connectivity index (χ4v) is 2.46. The van der Waals surface area contributed by atoms with Crippen LogP contribution in [0.4, 0.5) is 10.1 Å². The third-order valence-corrected chi connectivity index (χ3v) is 3.66. The average Bonchev–Trinajstić information content (AvgIpc) is 2.90. The first-order valence-electron chi connectivity index (χ1n) is 5.72. The summed E-state index contributed by atoms with van der Waals surface area (Å²) in [4.78, 5) is 23.0. The number of hydrogen-bond acceptors (Lipinski definition) is 3. The molecule has 1 aromatic carbocycles. The molecule has 1 heterocycles. The highest BCUT2D eigenvalue weighted by Crippen LogP contribution is 2.23. The zero-order chi connectivity index (χ0) is 15.4. The monoisotopic (exact) mass is 325 g/mol. The second-order valence-electron chi connectivity index (χ2n) is 3.96. The second-order valence-corrected chi connectivity index (χ2v) is 5.31. The topological polar surface area (TPSA) is 66.4 Å². The molecule has 0 aliphatic carbocycles. The van der Waals surface area contributed by atoms with Crippen LogP contribution in [0.25, 0.3) is 6.08 Å². The third-order valence-electron chi connectivity index (χ3n) is 2.47. The predicted octanol–water partition coefficient (Wildman–Crippen LogP) is 3.89. The standard InChI is InChI=1S/C14H9ClFNO3S/c15-10-2-1-3-11(13(10)16)17-14(20)8-6-9(21-7-8)4-5-12(18)19/h1-7H,(H,17,20)(H,18,19). The molecule has 4 nitrogen and oxygen atoms in total. The van der Waals surface area contributed by atoms with Crippen molar-refractivity contribution in [3.05, 3.63) is 57.0 Å². The van der Waals surface area contributed by atoms with Gasteiger partial charge in [0.25, 0.3) is 5.91 Å². The van der Waals surface area contributed by atoms with Crippen molar-refractivity contribution in [1.82, 2.24) is 0 Å². The second kappa shape index (κ2) is 6.51. The molecule has 2 rings (SSSR count). The smallest absolute Gasteiger partial charge is 0.328 e. The maximum Gasteiger partial charge on any atom is 0.328 e. The minimum absolute atomic E-state index is 0.0127. The lowest BCUT2D eigenvalue weighted by Gasteiger charge is -2.05. The number of benzene rings is 1. The van der Waals surface area contributed by atoms with E-state index in [1.807, 2.05) is 0 Å². The first kappa shape index (κ1) is 15.2. The highest BCUT2D eigenvalue weighted by Gasteiger charge is 2.12. The summed E-state index contributed by atoms with van der Waals surface area (Å²) in [6.45, 7) is 0. The highest BCUT2D eigenvalue weighted by molar-refractivity contribution is 7.11. The Labute approximate surface area is 128 Å². The number of aliphatic carboxylic acids is 1. The van der Waals surface area contributed by atoms with Crippen LogP contribution >= 0.6 is 22.9 Å². The van der Waals surface area contributed by atoms with Crippen LogP contribution in [0.3, 0.4) is 0 Å². The van der Waals surface area contributed by atoms with Crippen molar-refractivity contribution in [2.75, 3.05) is 5.32 Å². The maximum atomic E-state index is 13.7. The molecule has 2 aromatic rings. The molecule has 108 valence electrons. The first-order chi connectivity index (χ1) is 9.97. The van der Waals surface area contributed by atoms with Gasteiger partial charge in [-0.25, -0.2) is 9.18 Å². The van der Waals surface area contributed by atoms with Crippen molar-refractivity contribution in [1.29, 1.82) is 0 Å². The Bertz CT molecular complexity index is 727. The number of amides is 1. The zero-order valence-corrected chi connectivity index (χ0v) is 12.0. The van der Waals surface area contributed by atoms with Crippen LogP contribution in [-0.2, 0) is 4.79 Å². The van der Waals surface area contributed by atoms with Gasteiger partial charge in [-0.3, -0.25) is 4.79 Å². The number of thiophene rings is 1. The molecule has 0 saturated heterocycles. The molecule has 0 saturated carbocycles. The summed E-state index contributed by atoms with van der Waals surface area (Å²) in [5.41, 5.74) is 0.297. The van der Waals surface area contributed by atoms with Crippen LogP contribution in [0.2, 0.25) is 5.02 Å². The summed E-state index contributed by atoms with van der Waals surface area (Å²) in [6, 6.07) is 5.82. The minimum Gasteiger partial charge on any atom is -0.478 e. The Hall–Kier alpha value is -2.18. The van der Waals surface area contributed by atoms with Gasteiger partial charge in [-0.05, 0) is 24.3 Å². The molecule has 7 heteroatoms. The molecule has 1 amide bonds. The molecular formula is C14H9ClFNO3S. The van der Waals surface area contributed by atoms with Gasteiger partial charge in [0.1, 0.15) is 0 Å². The van der Waals surface area contributed by atoms with E-state index in [9.17, 15) is 14.0 Å². The van der Waals surface area contributed by atoms with Crippen LogP contribution in [0.1, 0.15) is 15.2 Å². The predicted molar refractivity (Wildman–Crippen MR) is 80.4 cm³/mol. The number of rotatable bonds is 4. The number of anilines is 1. The van der Waals surface area contributed by atoms with E-state index in [0.717, 1.165) is 6.08 Å². The van der Waals surface area contributed by atoms with Crippen LogP contribution in [0.5, 0.6) is 0 Å². The summed E-state index contributed by atoms with van der Waals surface area (Å²) >= 11 is 6.84. The first-order valence-corrected chi connectivity index (χ1v) is 6.98. The molecule has 0 atom stereocenters. The Morgan fingerprint density at radius 2 is 2.14 bits per heavy atom. The summed E-state index contributed by atoms with van der Waals surface area (Å²) in [7, 11) is 0. The molecule has 0 radical (unpaired) electrons. The number of carboxylic acid groups (broad SMARTS) is 1. The van der Waals surface area contributed by atoms with E-state index in [4.69, 9.17) is 16.7 Å². The fraction of sp³-hybridized carbons (Fsp3) is 0. The van der Waals surface area contributed by atoms with Gasteiger partial charge in [-0.2, -0.15) is 0 Å². The Morgan fingerprint density at radius 3 is 2.86 bits per heavy atom. The van der Waals surface area contributed by atoms with Gasteiger partial charge in [-0.15, -0.1) is 11.3 Å². The van der Waals surface area contributed by atoms with Crippen LogP contribution in [-0.4, -0.2) is 17.0 Å². The number of carboxylic acids is 1. The van der Waals surface area contributed by atoms with Gasteiger partial charge in [-0.1, -0.05) is 17.7 Å². The Kier molecular flexibility index (Phi) is 4.72.